The Labute approximate surface area is 147 Å². The number of rotatable bonds is 6. The fourth-order valence-electron chi connectivity index (χ4n) is 3.31. The quantitative estimate of drug-likeness (QED) is 0.841. The van der Waals surface area contributed by atoms with E-state index in [1.54, 1.807) is 42.5 Å². The summed E-state index contributed by atoms with van der Waals surface area (Å²) in [5, 5.41) is 2.95. The molecule has 0 radical (unpaired) electrons. The van der Waals surface area contributed by atoms with E-state index in [0.717, 1.165) is 24.9 Å². The predicted octanol–water partition coefficient (Wildman–Crippen LogP) is 3.72. The van der Waals surface area contributed by atoms with E-state index in [0.29, 0.717) is 17.9 Å². The summed E-state index contributed by atoms with van der Waals surface area (Å²) in [4.78, 5) is 12.4. The number of ether oxygens (including phenoxy) is 1. The summed E-state index contributed by atoms with van der Waals surface area (Å²) in [5.41, 5.74) is 6.98. The van der Waals surface area contributed by atoms with Gasteiger partial charge >= 0.3 is 0 Å². The largest absolute Gasteiger partial charge is 0.489 e. The van der Waals surface area contributed by atoms with E-state index < -0.39 is 0 Å². The molecule has 2 aromatic rings. The number of hydrogen-bond acceptors (Lipinski definition) is 3. The maximum atomic E-state index is 13.6. The maximum absolute atomic E-state index is 13.6. The first kappa shape index (κ1) is 17.4. The third-order valence-corrected chi connectivity index (χ3v) is 4.77. The van der Waals surface area contributed by atoms with Crippen molar-refractivity contribution < 1.29 is 13.9 Å². The zero-order chi connectivity index (χ0) is 17.6. The average molecular weight is 342 g/mol. The Morgan fingerprint density at radius 2 is 1.92 bits per heavy atom. The van der Waals surface area contributed by atoms with Crippen LogP contribution in [-0.2, 0) is 11.4 Å². The molecule has 4 nitrogen and oxygen atoms in total. The van der Waals surface area contributed by atoms with E-state index in [1.807, 2.05) is 0 Å². The lowest BCUT2D eigenvalue weighted by Gasteiger charge is -2.17. The highest BCUT2D eigenvalue weighted by molar-refractivity contribution is 5.93. The Morgan fingerprint density at radius 1 is 1.16 bits per heavy atom. The molecule has 3 rings (SSSR count). The summed E-state index contributed by atoms with van der Waals surface area (Å²) in [6, 6.07) is 13.7. The molecule has 0 aliphatic heterocycles. The molecular weight excluding hydrogens is 319 g/mol. The van der Waals surface area contributed by atoms with Gasteiger partial charge in [-0.2, -0.15) is 0 Å². The second-order valence-corrected chi connectivity index (χ2v) is 6.43. The van der Waals surface area contributed by atoms with Gasteiger partial charge in [-0.1, -0.05) is 24.6 Å². The second-order valence-electron chi connectivity index (χ2n) is 6.43. The van der Waals surface area contributed by atoms with Crippen molar-refractivity contribution >= 4 is 11.6 Å². The van der Waals surface area contributed by atoms with Crippen LogP contribution in [0.15, 0.2) is 48.5 Å². The smallest absolute Gasteiger partial charge is 0.227 e. The Hall–Kier alpha value is -2.40. The van der Waals surface area contributed by atoms with E-state index in [4.69, 9.17) is 10.5 Å². The highest BCUT2D eigenvalue weighted by Crippen LogP contribution is 2.32. The van der Waals surface area contributed by atoms with Crippen LogP contribution < -0.4 is 15.8 Å². The molecule has 2 atom stereocenters. The van der Waals surface area contributed by atoms with Gasteiger partial charge in [0.15, 0.2) is 0 Å². The van der Waals surface area contributed by atoms with Gasteiger partial charge in [0.1, 0.15) is 18.2 Å². The lowest BCUT2D eigenvalue weighted by atomic mass is 9.95. The van der Waals surface area contributed by atoms with Crippen LogP contribution in [0, 0.1) is 17.7 Å². The van der Waals surface area contributed by atoms with Crippen molar-refractivity contribution in [3.63, 3.8) is 0 Å². The maximum Gasteiger partial charge on any atom is 0.227 e. The first-order valence-corrected chi connectivity index (χ1v) is 8.64. The topological polar surface area (TPSA) is 64.4 Å². The van der Waals surface area contributed by atoms with Gasteiger partial charge in [-0.3, -0.25) is 4.79 Å². The van der Waals surface area contributed by atoms with Crippen molar-refractivity contribution in [3.8, 4) is 5.75 Å². The molecule has 2 aromatic carbocycles. The summed E-state index contributed by atoms with van der Waals surface area (Å²) >= 11 is 0. The van der Waals surface area contributed by atoms with E-state index in [1.165, 1.54) is 6.07 Å². The van der Waals surface area contributed by atoms with E-state index in [9.17, 15) is 9.18 Å². The molecule has 0 bridgehead atoms. The third-order valence-electron chi connectivity index (χ3n) is 4.77. The number of carbonyl (C=O) groups excluding carboxylic acids is 1. The van der Waals surface area contributed by atoms with Gasteiger partial charge in [-0.15, -0.1) is 0 Å². The molecule has 25 heavy (non-hydrogen) atoms. The van der Waals surface area contributed by atoms with E-state index >= 15 is 0 Å². The van der Waals surface area contributed by atoms with Gasteiger partial charge < -0.3 is 15.8 Å². The van der Waals surface area contributed by atoms with Crippen LogP contribution in [0.5, 0.6) is 5.75 Å². The number of nitrogens with two attached hydrogens (primary N) is 1. The Balaban J connectivity index is 1.55. The van der Waals surface area contributed by atoms with Crippen LogP contribution in [-0.4, -0.2) is 12.5 Å². The van der Waals surface area contributed by atoms with Crippen LogP contribution in [0.1, 0.15) is 24.8 Å². The molecule has 1 aliphatic rings. The Kier molecular flexibility index (Phi) is 5.66. The van der Waals surface area contributed by atoms with Crippen molar-refractivity contribution in [2.45, 2.75) is 25.9 Å². The van der Waals surface area contributed by atoms with E-state index in [-0.39, 0.29) is 30.2 Å². The van der Waals surface area contributed by atoms with Crippen LogP contribution >= 0.6 is 0 Å². The molecule has 1 saturated carbocycles. The number of halogens is 1. The number of anilines is 1. The summed E-state index contributed by atoms with van der Waals surface area (Å²) in [6.45, 7) is 0.722. The lowest BCUT2D eigenvalue weighted by Crippen LogP contribution is -2.29. The number of amides is 1. The molecule has 1 aliphatic carbocycles. The zero-order valence-electron chi connectivity index (χ0n) is 14.1. The molecule has 0 aromatic heterocycles. The van der Waals surface area contributed by atoms with Crippen LogP contribution in [0.3, 0.4) is 0 Å². The van der Waals surface area contributed by atoms with Gasteiger partial charge in [-0.25, -0.2) is 4.39 Å². The predicted molar refractivity (Wildman–Crippen MR) is 95.7 cm³/mol. The van der Waals surface area contributed by atoms with Crippen molar-refractivity contribution in [2.24, 2.45) is 17.6 Å². The molecule has 5 heteroatoms. The van der Waals surface area contributed by atoms with Crippen molar-refractivity contribution in [1.29, 1.82) is 0 Å². The molecule has 0 unspecified atom stereocenters. The first-order chi connectivity index (χ1) is 12.2. The summed E-state index contributed by atoms with van der Waals surface area (Å²) in [5.74, 6) is 0.665. The zero-order valence-corrected chi connectivity index (χ0v) is 14.1. The summed E-state index contributed by atoms with van der Waals surface area (Å²) in [6.07, 6.45) is 2.98. The first-order valence-electron chi connectivity index (χ1n) is 8.64. The molecule has 3 N–H and O–H groups in total. The Morgan fingerprint density at radius 3 is 2.64 bits per heavy atom. The average Bonchev–Trinajstić information content (AvgIpc) is 3.11. The minimum atomic E-state index is -0.280. The fraction of sp³-hybridized carbons (Fsp3) is 0.350. The number of hydrogen-bond donors (Lipinski definition) is 2. The summed E-state index contributed by atoms with van der Waals surface area (Å²) in [7, 11) is 0. The molecule has 0 heterocycles. The van der Waals surface area contributed by atoms with Crippen LogP contribution in [0.4, 0.5) is 10.1 Å². The van der Waals surface area contributed by atoms with Crippen molar-refractivity contribution in [2.75, 3.05) is 11.9 Å². The molecule has 1 amide bonds. The monoisotopic (exact) mass is 342 g/mol. The minimum Gasteiger partial charge on any atom is -0.489 e. The number of carbonyl (C=O) groups is 1. The fourth-order valence-corrected chi connectivity index (χ4v) is 3.31. The van der Waals surface area contributed by atoms with Crippen LogP contribution in [0.25, 0.3) is 0 Å². The van der Waals surface area contributed by atoms with Crippen molar-refractivity contribution in [1.82, 2.24) is 0 Å². The van der Waals surface area contributed by atoms with Gasteiger partial charge in [-0.05, 0) is 55.6 Å². The van der Waals surface area contributed by atoms with Gasteiger partial charge in [0, 0.05) is 17.2 Å². The highest BCUT2D eigenvalue weighted by Gasteiger charge is 2.31. The third kappa shape index (κ3) is 4.37. The summed E-state index contributed by atoms with van der Waals surface area (Å²) < 4.78 is 19.2. The standard InChI is InChI=1S/C20H23FN2O2/c21-19-7-2-1-4-15(19)13-25-17-10-8-16(9-11-17)23-20(24)18-6-3-5-14(18)12-22/h1-2,4,7-11,14,18H,3,5-6,12-13,22H2,(H,23,24)/t14-,18-/m1/s1. The number of nitrogens with one attached hydrogen (secondary N) is 1. The SMILES string of the molecule is NC[C@H]1CCC[C@H]1C(=O)Nc1ccc(OCc2ccccc2F)cc1. The number of benzene rings is 2. The normalized spacial score (nSPS) is 19.6. The van der Waals surface area contributed by atoms with E-state index in [2.05, 4.69) is 5.32 Å². The highest BCUT2D eigenvalue weighted by atomic mass is 19.1. The second kappa shape index (κ2) is 8.12. The molecule has 0 saturated heterocycles. The molecule has 0 spiro atoms. The lowest BCUT2D eigenvalue weighted by molar-refractivity contribution is -0.120. The van der Waals surface area contributed by atoms with Gasteiger partial charge in [0.25, 0.3) is 0 Å². The van der Waals surface area contributed by atoms with Crippen LogP contribution in [0.2, 0.25) is 0 Å². The Bertz CT molecular complexity index is 718. The molecule has 1 fully saturated rings. The molecule has 132 valence electrons. The minimum absolute atomic E-state index is 0.00184. The van der Waals surface area contributed by atoms with Crippen molar-refractivity contribution in [3.05, 3.63) is 59.9 Å². The molecular formula is C20H23FN2O2. The van der Waals surface area contributed by atoms with Gasteiger partial charge in [0.2, 0.25) is 5.91 Å². The van der Waals surface area contributed by atoms with Gasteiger partial charge in [0.05, 0.1) is 0 Å².